The Morgan fingerprint density at radius 2 is 1.02 bits per heavy atom. The van der Waals surface area contributed by atoms with E-state index in [4.69, 9.17) is 11.6 Å². The Bertz CT molecular complexity index is 2870. The molecule has 0 radical (unpaired) electrons. The van der Waals surface area contributed by atoms with Gasteiger partial charge in [0, 0.05) is 10.9 Å². The molecular weight excluding hydrogens is 544 g/mol. The summed E-state index contributed by atoms with van der Waals surface area (Å²) in [4.78, 5) is 0. The van der Waals surface area contributed by atoms with Crippen molar-refractivity contribution in [3.63, 3.8) is 0 Å². The summed E-state index contributed by atoms with van der Waals surface area (Å²) in [6.07, 6.45) is 0. The van der Waals surface area contributed by atoms with Crippen LogP contribution in [-0.2, 0) is 0 Å². The second-order valence-electron chi connectivity index (χ2n) is 11.7. The molecule has 9 aromatic rings. The lowest BCUT2D eigenvalue weighted by atomic mass is 9.88. The summed E-state index contributed by atoms with van der Waals surface area (Å²) in [5, 5.41) is 9.20. The van der Waals surface area contributed by atoms with Crippen molar-refractivity contribution in [1.29, 1.82) is 0 Å². The van der Waals surface area contributed by atoms with E-state index < -0.39 is 6.04 Å². The van der Waals surface area contributed by atoms with Crippen molar-refractivity contribution in [3.05, 3.63) is 158 Å². The first-order valence-electron chi connectivity index (χ1n) is 17.6. The lowest BCUT2D eigenvalue weighted by molar-refractivity contribution is 0.487. The molecule has 9 aromatic carbocycles. The minimum atomic E-state index is -0.403. The maximum atomic E-state index is 8.63. The molecule has 0 atom stereocenters. The lowest BCUT2D eigenvalue weighted by Crippen LogP contribution is -1.98. The predicted octanol–water partition coefficient (Wildman–Crippen LogP) is 12.5. The first-order chi connectivity index (χ1) is 24.4. The van der Waals surface area contributed by atoms with Crippen LogP contribution in [0.5, 0.6) is 11.5 Å². The monoisotopic (exact) mass is 575 g/mol. The van der Waals surface area contributed by atoms with E-state index in [2.05, 4.69) is 97.1 Å². The van der Waals surface area contributed by atoms with Crippen molar-refractivity contribution in [3.8, 4) is 56.0 Å². The lowest BCUT2D eigenvalue weighted by Gasteiger charge is -2.23. The fourth-order valence-corrected chi connectivity index (χ4v) is 7.27. The van der Waals surface area contributed by atoms with Crippen LogP contribution in [0.15, 0.2) is 158 Å². The second-order valence-corrected chi connectivity index (χ2v) is 11.7. The minimum Gasteiger partial charge on any atom is -0.456 e. The quantitative estimate of drug-likeness (QED) is 0.190. The van der Waals surface area contributed by atoms with Crippen molar-refractivity contribution < 1.29 is 11.6 Å². The molecule has 1 aliphatic rings. The van der Waals surface area contributed by atoms with Gasteiger partial charge in [0.1, 0.15) is 11.5 Å². The van der Waals surface area contributed by atoms with Gasteiger partial charge in [-0.25, -0.2) is 0 Å². The van der Waals surface area contributed by atoms with Crippen molar-refractivity contribution in [2.24, 2.45) is 0 Å². The number of rotatable bonds is 3. The van der Waals surface area contributed by atoms with Crippen LogP contribution in [0.2, 0.25) is 0 Å². The molecule has 45 heavy (non-hydrogen) atoms. The van der Waals surface area contributed by atoms with Gasteiger partial charge in [0.2, 0.25) is 0 Å². The SMILES string of the molecule is [2H]c1c([2H])c([2H])c(-c2ccc3c4c(cccc24)-c2cc(-c4cccc(-c5ccc6ccc7cccc8ccc5c6c78)c4)ccc2O3)c([2H])c1[2H]. The number of fused-ring (bicyclic) bond motifs is 2. The van der Waals surface area contributed by atoms with E-state index in [9.17, 15) is 0 Å². The Morgan fingerprint density at radius 1 is 0.378 bits per heavy atom. The largest absolute Gasteiger partial charge is 0.456 e. The molecule has 0 saturated carbocycles. The van der Waals surface area contributed by atoms with Gasteiger partial charge in [-0.05, 0) is 101 Å². The molecule has 0 fully saturated rings. The zero-order valence-electron chi connectivity index (χ0n) is 29.0. The van der Waals surface area contributed by atoms with E-state index in [1.54, 1.807) is 6.07 Å². The minimum absolute atomic E-state index is 0.183. The van der Waals surface area contributed by atoms with Gasteiger partial charge in [-0.1, -0.05) is 133 Å². The average molecular weight is 576 g/mol. The van der Waals surface area contributed by atoms with Crippen LogP contribution >= 0.6 is 0 Å². The van der Waals surface area contributed by atoms with Crippen LogP contribution in [0.4, 0.5) is 0 Å². The van der Waals surface area contributed by atoms with Gasteiger partial charge in [0.15, 0.2) is 0 Å². The third-order valence-corrected chi connectivity index (χ3v) is 9.30. The zero-order chi connectivity index (χ0) is 33.8. The molecule has 1 heteroatoms. The van der Waals surface area contributed by atoms with Crippen LogP contribution in [0.25, 0.3) is 87.6 Å². The van der Waals surface area contributed by atoms with E-state index >= 15 is 0 Å². The number of hydrogen-bond donors (Lipinski definition) is 0. The Balaban J connectivity index is 1.12. The van der Waals surface area contributed by atoms with Crippen LogP contribution in [-0.4, -0.2) is 0 Å². The normalized spacial score (nSPS) is 13.7. The molecule has 0 saturated heterocycles. The van der Waals surface area contributed by atoms with E-state index in [1.165, 1.54) is 37.9 Å². The molecule has 0 unspecified atom stereocenters. The molecule has 1 nitrogen and oxygen atoms in total. The molecule has 0 aliphatic carbocycles. The highest BCUT2D eigenvalue weighted by Crippen LogP contribution is 2.49. The molecule has 0 spiro atoms. The summed E-state index contributed by atoms with van der Waals surface area (Å²) in [5.41, 5.74) is 7.14. The third-order valence-electron chi connectivity index (χ3n) is 9.30. The first-order valence-corrected chi connectivity index (χ1v) is 15.1. The van der Waals surface area contributed by atoms with Gasteiger partial charge < -0.3 is 4.74 Å². The van der Waals surface area contributed by atoms with Crippen molar-refractivity contribution in [2.75, 3.05) is 0 Å². The van der Waals surface area contributed by atoms with Crippen molar-refractivity contribution >= 4 is 43.1 Å². The molecule has 10 rings (SSSR count). The topological polar surface area (TPSA) is 9.23 Å². The third kappa shape index (κ3) is 3.62. The van der Waals surface area contributed by atoms with Crippen molar-refractivity contribution in [1.82, 2.24) is 0 Å². The van der Waals surface area contributed by atoms with Gasteiger partial charge in [0.05, 0.1) is 6.85 Å². The number of benzene rings is 9. The predicted molar refractivity (Wildman–Crippen MR) is 189 cm³/mol. The molecule has 0 bridgehead atoms. The smallest absolute Gasteiger partial charge is 0.135 e. The molecular formula is C44H26O. The fraction of sp³-hybridized carbons (Fsp3) is 0. The number of ether oxygens (including phenoxy) is 1. The van der Waals surface area contributed by atoms with Crippen LogP contribution in [0.3, 0.4) is 0 Å². The average Bonchev–Trinajstić information content (AvgIpc) is 3.16. The summed E-state index contributed by atoms with van der Waals surface area (Å²) in [7, 11) is 0. The van der Waals surface area contributed by atoms with Crippen molar-refractivity contribution in [2.45, 2.75) is 0 Å². The molecule has 0 N–H and O–H groups in total. The highest BCUT2D eigenvalue weighted by atomic mass is 16.5. The Kier molecular flexibility index (Phi) is 4.15. The van der Waals surface area contributed by atoms with Crippen LogP contribution in [0.1, 0.15) is 6.85 Å². The summed E-state index contributed by atoms with van der Waals surface area (Å²) in [6.45, 7) is 0. The molecule has 1 aliphatic heterocycles. The van der Waals surface area contributed by atoms with E-state index in [0.29, 0.717) is 11.3 Å². The van der Waals surface area contributed by atoms with E-state index in [-0.39, 0.29) is 29.7 Å². The summed E-state index contributed by atoms with van der Waals surface area (Å²) in [6, 6.07) is 42.8. The van der Waals surface area contributed by atoms with E-state index in [0.717, 1.165) is 44.3 Å². The number of hydrogen-bond acceptors (Lipinski definition) is 1. The maximum absolute atomic E-state index is 8.63. The van der Waals surface area contributed by atoms with Gasteiger partial charge in [-0.2, -0.15) is 0 Å². The van der Waals surface area contributed by atoms with Gasteiger partial charge in [-0.3, -0.25) is 0 Å². The first kappa shape index (κ1) is 20.1. The molecule has 1 heterocycles. The molecule has 0 aromatic heterocycles. The Labute approximate surface area is 267 Å². The highest BCUT2D eigenvalue weighted by molar-refractivity contribution is 6.25. The standard InChI is InChI=1S/C44H26O/c1-2-7-27(8-3-1)34-22-24-41-44-36(34)13-6-14-37(44)39-26-32(19-23-40(39)45-41)31-11-5-12-33(25-31)35-20-17-30-16-15-28-9-4-10-29-18-21-38(35)43(30)42(28)29/h1-26H/i1D,2D,3D,7D,8D. The maximum Gasteiger partial charge on any atom is 0.135 e. The van der Waals surface area contributed by atoms with Crippen LogP contribution in [0, 0.1) is 0 Å². The van der Waals surface area contributed by atoms with Gasteiger partial charge in [0.25, 0.3) is 0 Å². The summed E-state index contributed by atoms with van der Waals surface area (Å²) < 4.78 is 48.3. The van der Waals surface area contributed by atoms with Gasteiger partial charge in [-0.15, -0.1) is 0 Å². The summed E-state index contributed by atoms with van der Waals surface area (Å²) in [5.74, 6) is 1.41. The van der Waals surface area contributed by atoms with Gasteiger partial charge >= 0.3 is 0 Å². The zero-order valence-corrected chi connectivity index (χ0v) is 24.0. The fourth-order valence-electron chi connectivity index (χ4n) is 7.27. The van der Waals surface area contributed by atoms with E-state index in [1.807, 2.05) is 24.3 Å². The second kappa shape index (κ2) is 9.29. The molecule has 208 valence electrons. The summed E-state index contributed by atoms with van der Waals surface area (Å²) >= 11 is 0. The Hall–Kier alpha value is -5.92. The molecule has 0 amide bonds. The highest BCUT2D eigenvalue weighted by Gasteiger charge is 2.22. The van der Waals surface area contributed by atoms with Crippen LogP contribution < -0.4 is 4.74 Å². The Morgan fingerprint density at radius 3 is 1.91 bits per heavy atom.